The molecule has 3 aromatic carbocycles. The van der Waals surface area contributed by atoms with Crippen molar-refractivity contribution in [3.63, 3.8) is 0 Å². The van der Waals surface area contributed by atoms with E-state index >= 15 is 0 Å². The summed E-state index contributed by atoms with van der Waals surface area (Å²) >= 11 is 0. The van der Waals surface area contributed by atoms with E-state index in [9.17, 15) is 13.2 Å². The molecule has 9 heteroatoms. The van der Waals surface area contributed by atoms with Gasteiger partial charge in [0.05, 0.1) is 36.6 Å². The van der Waals surface area contributed by atoms with Crippen molar-refractivity contribution in [1.29, 1.82) is 0 Å². The summed E-state index contributed by atoms with van der Waals surface area (Å²) < 4.78 is 45.6. The topological polar surface area (TPSA) is 103 Å². The van der Waals surface area contributed by atoms with Crippen LogP contribution in [-0.2, 0) is 19.6 Å². The quantitative estimate of drug-likeness (QED) is 0.379. The van der Waals surface area contributed by atoms with Crippen LogP contribution in [0.3, 0.4) is 0 Å². The van der Waals surface area contributed by atoms with E-state index in [2.05, 4.69) is 4.72 Å². The van der Waals surface area contributed by atoms with Crippen LogP contribution in [0.5, 0.6) is 11.5 Å². The predicted octanol–water partition coefficient (Wildman–Crippen LogP) is 5.54. The number of carbonyl (C=O) groups is 1. The number of benzene rings is 3. The van der Waals surface area contributed by atoms with Crippen LogP contribution in [0, 0.1) is 13.8 Å². The first kappa shape index (κ1) is 27.7. The first-order valence-corrected chi connectivity index (χ1v) is 14.8. The van der Waals surface area contributed by atoms with E-state index in [4.69, 9.17) is 19.2 Å². The molecule has 0 bridgehead atoms. The van der Waals surface area contributed by atoms with Crippen LogP contribution in [0.1, 0.15) is 59.9 Å². The standard InChI is InChI=1S/C31H34N2O6S/c1-18-6-10-23(11-7-18)40(35,36)33-27-12-8-21(14-19(27)2)31-26-17-30(38-5)29(37-4)16-24(26)25-15-22(39-20(3)34)9-13-28(25)32-31/h6-8,10-12,14,16-17,22,25,28,33H,9,13,15H2,1-5H3. The lowest BCUT2D eigenvalue weighted by Crippen LogP contribution is -2.36. The Bertz CT molecular complexity index is 1580. The predicted molar refractivity (Wildman–Crippen MR) is 154 cm³/mol. The molecule has 0 amide bonds. The lowest BCUT2D eigenvalue weighted by atomic mass is 9.74. The van der Waals surface area contributed by atoms with Crippen molar-refractivity contribution < 1.29 is 27.4 Å². The molecule has 3 aromatic rings. The number of nitrogens with one attached hydrogen (secondary N) is 1. The molecule has 1 heterocycles. The Kier molecular flexibility index (Phi) is 7.59. The minimum Gasteiger partial charge on any atom is -0.493 e. The molecular formula is C31H34N2O6S. The largest absolute Gasteiger partial charge is 0.493 e. The van der Waals surface area contributed by atoms with E-state index in [1.54, 1.807) is 44.6 Å². The zero-order valence-electron chi connectivity index (χ0n) is 23.4. The molecule has 1 saturated carbocycles. The van der Waals surface area contributed by atoms with Gasteiger partial charge in [-0.2, -0.15) is 0 Å². The number of carbonyl (C=O) groups excluding carboxylic acids is 1. The van der Waals surface area contributed by atoms with E-state index < -0.39 is 10.0 Å². The van der Waals surface area contributed by atoms with Gasteiger partial charge >= 0.3 is 5.97 Å². The maximum absolute atomic E-state index is 13.0. The summed E-state index contributed by atoms with van der Waals surface area (Å²) in [5.41, 5.74) is 5.97. The van der Waals surface area contributed by atoms with Gasteiger partial charge in [0.25, 0.3) is 10.0 Å². The van der Waals surface area contributed by atoms with E-state index in [0.29, 0.717) is 23.6 Å². The van der Waals surface area contributed by atoms with Crippen molar-refractivity contribution in [3.8, 4) is 11.5 Å². The fourth-order valence-corrected chi connectivity index (χ4v) is 6.80. The molecule has 0 spiro atoms. The maximum Gasteiger partial charge on any atom is 0.302 e. The normalized spacial score (nSPS) is 20.0. The van der Waals surface area contributed by atoms with Gasteiger partial charge in [-0.3, -0.25) is 14.5 Å². The lowest BCUT2D eigenvalue weighted by Gasteiger charge is -2.38. The molecule has 0 saturated heterocycles. The second-order valence-electron chi connectivity index (χ2n) is 10.4. The summed E-state index contributed by atoms with van der Waals surface area (Å²) in [6, 6.07) is 16.4. The number of hydrogen-bond donors (Lipinski definition) is 1. The fraction of sp³-hybridized carbons (Fsp3) is 0.355. The highest BCUT2D eigenvalue weighted by molar-refractivity contribution is 7.92. The highest BCUT2D eigenvalue weighted by Crippen LogP contribution is 2.45. The molecule has 1 fully saturated rings. The number of methoxy groups -OCH3 is 2. The highest BCUT2D eigenvalue weighted by atomic mass is 32.2. The Hall–Kier alpha value is -3.85. The Morgan fingerprint density at radius 2 is 1.65 bits per heavy atom. The molecule has 1 N–H and O–H groups in total. The Labute approximate surface area is 235 Å². The number of anilines is 1. The third-order valence-corrected chi connectivity index (χ3v) is 9.06. The molecule has 3 atom stereocenters. The van der Waals surface area contributed by atoms with Gasteiger partial charge in [0, 0.05) is 24.0 Å². The SMILES string of the molecule is COc1cc2c(cc1OC)C1CC(OC(C)=O)CCC1N=C2c1ccc(NS(=O)(=O)c2ccc(C)cc2)c(C)c1. The number of sulfonamides is 1. The van der Waals surface area contributed by atoms with E-state index in [0.717, 1.165) is 46.4 Å². The molecule has 8 nitrogen and oxygen atoms in total. The number of aliphatic imine (C=N–C) groups is 1. The molecule has 3 unspecified atom stereocenters. The van der Waals surface area contributed by atoms with Crippen molar-refractivity contribution >= 4 is 27.4 Å². The summed E-state index contributed by atoms with van der Waals surface area (Å²) in [5.74, 6) is 1.02. The van der Waals surface area contributed by atoms with Gasteiger partial charge in [0.15, 0.2) is 11.5 Å². The van der Waals surface area contributed by atoms with Crippen LogP contribution in [-0.4, -0.2) is 46.5 Å². The maximum atomic E-state index is 13.0. The first-order valence-electron chi connectivity index (χ1n) is 13.3. The van der Waals surface area contributed by atoms with Gasteiger partial charge in [-0.1, -0.05) is 23.8 Å². The molecule has 1 aliphatic carbocycles. The lowest BCUT2D eigenvalue weighted by molar-refractivity contribution is -0.148. The second kappa shape index (κ2) is 11.0. The number of hydrogen-bond acceptors (Lipinski definition) is 7. The van der Waals surface area contributed by atoms with Gasteiger partial charge in [-0.15, -0.1) is 0 Å². The van der Waals surface area contributed by atoms with Crippen molar-refractivity contribution in [1.82, 2.24) is 0 Å². The molecule has 210 valence electrons. The summed E-state index contributed by atoms with van der Waals surface area (Å²) in [6.07, 6.45) is 2.06. The molecule has 1 aliphatic heterocycles. The first-order chi connectivity index (χ1) is 19.1. The van der Waals surface area contributed by atoms with Crippen LogP contribution < -0.4 is 14.2 Å². The van der Waals surface area contributed by atoms with Crippen LogP contribution in [0.2, 0.25) is 0 Å². The van der Waals surface area contributed by atoms with Gasteiger partial charge in [0.2, 0.25) is 0 Å². The molecule has 5 rings (SSSR count). The van der Waals surface area contributed by atoms with E-state index in [-0.39, 0.29) is 28.9 Å². The van der Waals surface area contributed by atoms with Gasteiger partial charge in [-0.05, 0) is 80.6 Å². The number of aryl methyl sites for hydroxylation is 2. The number of fused-ring (bicyclic) bond motifs is 3. The summed E-state index contributed by atoms with van der Waals surface area (Å²) in [6.45, 7) is 5.23. The summed E-state index contributed by atoms with van der Waals surface area (Å²) in [4.78, 5) is 17.1. The highest BCUT2D eigenvalue weighted by Gasteiger charge is 2.38. The number of ether oxygens (including phenoxy) is 3. The number of esters is 1. The average molecular weight is 563 g/mol. The zero-order chi connectivity index (χ0) is 28.6. The second-order valence-corrected chi connectivity index (χ2v) is 12.1. The smallest absolute Gasteiger partial charge is 0.302 e. The van der Waals surface area contributed by atoms with Crippen molar-refractivity contribution in [3.05, 3.63) is 82.4 Å². The minimum absolute atomic E-state index is 0.0208. The molecule has 40 heavy (non-hydrogen) atoms. The molecule has 0 radical (unpaired) electrons. The molecular weight excluding hydrogens is 528 g/mol. The molecule has 0 aromatic heterocycles. The zero-order valence-corrected chi connectivity index (χ0v) is 24.2. The van der Waals surface area contributed by atoms with Crippen molar-refractivity contribution in [2.45, 2.75) is 63.0 Å². The van der Waals surface area contributed by atoms with Gasteiger partial charge in [0.1, 0.15) is 6.10 Å². The fourth-order valence-electron chi connectivity index (χ4n) is 5.67. The number of nitrogens with zero attached hydrogens (tertiary/aromatic N) is 1. The molecule has 2 aliphatic rings. The van der Waals surface area contributed by atoms with Gasteiger partial charge < -0.3 is 14.2 Å². The Morgan fingerprint density at radius 1 is 0.950 bits per heavy atom. The van der Waals surface area contributed by atoms with Gasteiger partial charge in [-0.25, -0.2) is 8.42 Å². The van der Waals surface area contributed by atoms with Crippen LogP contribution >= 0.6 is 0 Å². The number of rotatable bonds is 7. The minimum atomic E-state index is -3.73. The van der Waals surface area contributed by atoms with Crippen molar-refractivity contribution in [2.75, 3.05) is 18.9 Å². The monoisotopic (exact) mass is 562 g/mol. The Morgan fingerprint density at radius 3 is 2.30 bits per heavy atom. The van der Waals surface area contributed by atoms with E-state index in [1.165, 1.54) is 6.92 Å². The average Bonchev–Trinajstić information content (AvgIpc) is 2.92. The Balaban J connectivity index is 1.52. The van der Waals surface area contributed by atoms with Crippen LogP contribution in [0.25, 0.3) is 0 Å². The van der Waals surface area contributed by atoms with Crippen LogP contribution in [0.4, 0.5) is 5.69 Å². The summed E-state index contributed by atoms with van der Waals surface area (Å²) in [7, 11) is -0.519. The summed E-state index contributed by atoms with van der Waals surface area (Å²) in [5, 5.41) is 0. The van der Waals surface area contributed by atoms with Crippen LogP contribution in [0.15, 0.2) is 64.5 Å². The van der Waals surface area contributed by atoms with E-state index in [1.807, 2.05) is 38.1 Å². The third-order valence-electron chi connectivity index (χ3n) is 7.68. The third kappa shape index (κ3) is 5.43. The van der Waals surface area contributed by atoms with Crippen molar-refractivity contribution in [2.24, 2.45) is 4.99 Å².